The average molecular weight is 470 g/mol. The molecule has 0 saturated carbocycles. The molecule has 3 aromatic rings. The van der Waals surface area contributed by atoms with Crippen LogP contribution in [-0.4, -0.2) is 18.3 Å². The van der Waals surface area contributed by atoms with Crippen LogP contribution in [-0.2, 0) is 16.6 Å². The molecule has 0 saturated heterocycles. The Kier molecular flexibility index (Phi) is 5.73. The molecule has 1 aromatic heterocycles. The van der Waals surface area contributed by atoms with Gasteiger partial charge in [0.25, 0.3) is 15.7 Å². The van der Waals surface area contributed by atoms with Crippen LogP contribution >= 0.6 is 27.3 Å². The number of hydrogen-bond acceptors (Lipinski definition) is 7. The number of rotatable bonds is 7. The van der Waals surface area contributed by atoms with Gasteiger partial charge in [0.2, 0.25) is 0 Å². The monoisotopic (exact) mass is 469 g/mol. The van der Waals surface area contributed by atoms with Crippen LogP contribution in [0, 0.1) is 10.1 Å². The lowest BCUT2D eigenvalue weighted by atomic mass is 10.3. The molecule has 0 aliphatic rings. The SMILES string of the molecule is O=[N+]([O-])c1cc(Br)ccc1S(=O)(=O)Nc1ccccc1OCc1cscn1. The summed E-state index contributed by atoms with van der Waals surface area (Å²) in [5, 5.41) is 13.1. The summed E-state index contributed by atoms with van der Waals surface area (Å²) in [7, 11) is -4.21. The van der Waals surface area contributed by atoms with E-state index in [1.807, 2.05) is 5.38 Å². The van der Waals surface area contributed by atoms with Gasteiger partial charge in [-0.3, -0.25) is 14.8 Å². The van der Waals surface area contributed by atoms with Crippen LogP contribution in [0.2, 0.25) is 0 Å². The highest BCUT2D eigenvalue weighted by molar-refractivity contribution is 9.10. The van der Waals surface area contributed by atoms with Gasteiger partial charge in [-0.2, -0.15) is 0 Å². The number of hydrogen-bond donors (Lipinski definition) is 1. The molecule has 27 heavy (non-hydrogen) atoms. The molecular formula is C16H12BrN3O5S2. The van der Waals surface area contributed by atoms with E-state index in [0.29, 0.717) is 10.2 Å². The summed E-state index contributed by atoms with van der Waals surface area (Å²) >= 11 is 4.53. The minimum Gasteiger partial charge on any atom is -0.485 e. The van der Waals surface area contributed by atoms with Crippen LogP contribution in [0.25, 0.3) is 0 Å². The third kappa shape index (κ3) is 4.62. The van der Waals surface area contributed by atoms with Gasteiger partial charge in [0.1, 0.15) is 12.4 Å². The summed E-state index contributed by atoms with van der Waals surface area (Å²) in [6.07, 6.45) is 0. The average Bonchev–Trinajstić information content (AvgIpc) is 3.14. The van der Waals surface area contributed by atoms with E-state index >= 15 is 0 Å². The Bertz CT molecular complexity index is 1070. The highest BCUT2D eigenvalue weighted by Gasteiger charge is 2.27. The highest BCUT2D eigenvalue weighted by Crippen LogP contribution is 2.32. The zero-order valence-electron chi connectivity index (χ0n) is 13.5. The molecule has 0 atom stereocenters. The first-order valence-corrected chi connectivity index (χ1v) is 10.6. The second kappa shape index (κ2) is 8.03. The third-order valence-corrected chi connectivity index (χ3v) is 5.94. The van der Waals surface area contributed by atoms with Crippen molar-refractivity contribution in [2.45, 2.75) is 11.5 Å². The Morgan fingerprint density at radius 1 is 1.26 bits per heavy atom. The lowest BCUT2D eigenvalue weighted by Gasteiger charge is -2.13. The largest absolute Gasteiger partial charge is 0.485 e. The zero-order valence-corrected chi connectivity index (χ0v) is 16.8. The van der Waals surface area contributed by atoms with Gasteiger partial charge in [-0.15, -0.1) is 11.3 Å². The maximum absolute atomic E-state index is 12.7. The van der Waals surface area contributed by atoms with Crippen molar-refractivity contribution in [3.8, 4) is 5.75 Å². The first-order valence-electron chi connectivity index (χ1n) is 7.42. The van der Waals surface area contributed by atoms with Gasteiger partial charge in [0.05, 0.1) is 21.8 Å². The number of benzene rings is 2. The molecule has 3 rings (SSSR count). The summed E-state index contributed by atoms with van der Waals surface area (Å²) in [5.41, 5.74) is 2.02. The number of nitro groups is 1. The van der Waals surface area contributed by atoms with Crippen molar-refractivity contribution >= 4 is 48.7 Å². The number of anilines is 1. The fourth-order valence-corrected chi connectivity index (χ4v) is 4.31. The number of ether oxygens (including phenoxy) is 1. The summed E-state index contributed by atoms with van der Waals surface area (Å²) in [6.45, 7) is 0.167. The van der Waals surface area contributed by atoms with E-state index < -0.39 is 25.5 Å². The number of aromatic nitrogens is 1. The predicted octanol–water partition coefficient (Wildman–Crippen LogP) is 4.19. The summed E-state index contributed by atoms with van der Waals surface area (Å²) in [6, 6.07) is 10.2. The number of thiazole rings is 1. The highest BCUT2D eigenvalue weighted by atomic mass is 79.9. The van der Waals surface area contributed by atoms with Crippen molar-refractivity contribution < 1.29 is 18.1 Å². The van der Waals surface area contributed by atoms with E-state index in [0.717, 1.165) is 6.07 Å². The maximum atomic E-state index is 12.7. The maximum Gasteiger partial charge on any atom is 0.291 e. The minimum absolute atomic E-state index is 0.167. The first kappa shape index (κ1) is 19.3. The van der Waals surface area contributed by atoms with Gasteiger partial charge in [0.15, 0.2) is 4.90 Å². The Morgan fingerprint density at radius 3 is 2.74 bits per heavy atom. The normalized spacial score (nSPS) is 11.1. The van der Waals surface area contributed by atoms with Crippen LogP contribution in [0.3, 0.4) is 0 Å². The number of sulfonamides is 1. The second-order valence-corrected chi connectivity index (χ2v) is 8.52. The molecule has 0 spiro atoms. The van der Waals surface area contributed by atoms with Gasteiger partial charge >= 0.3 is 0 Å². The minimum atomic E-state index is -4.21. The van der Waals surface area contributed by atoms with Crippen molar-refractivity contribution in [3.05, 3.63) is 73.6 Å². The topological polar surface area (TPSA) is 111 Å². The van der Waals surface area contributed by atoms with E-state index in [4.69, 9.17) is 4.74 Å². The molecule has 0 bridgehead atoms. The molecule has 11 heteroatoms. The van der Waals surface area contributed by atoms with E-state index in [-0.39, 0.29) is 18.0 Å². The quantitative estimate of drug-likeness (QED) is 0.409. The van der Waals surface area contributed by atoms with Gasteiger partial charge in [-0.1, -0.05) is 28.1 Å². The molecule has 1 N–H and O–H groups in total. The molecule has 1 heterocycles. The summed E-state index contributed by atoms with van der Waals surface area (Å²) < 4.78 is 33.8. The van der Waals surface area contributed by atoms with Crippen LogP contribution < -0.4 is 9.46 Å². The smallest absolute Gasteiger partial charge is 0.291 e. The van der Waals surface area contributed by atoms with Crippen LogP contribution in [0.15, 0.2) is 62.7 Å². The van der Waals surface area contributed by atoms with Gasteiger partial charge < -0.3 is 4.74 Å². The Balaban J connectivity index is 1.90. The van der Waals surface area contributed by atoms with Gasteiger partial charge in [-0.05, 0) is 24.3 Å². The lowest BCUT2D eigenvalue weighted by Crippen LogP contribution is -2.15. The lowest BCUT2D eigenvalue weighted by molar-refractivity contribution is -0.387. The van der Waals surface area contributed by atoms with Crippen LogP contribution in [0.1, 0.15) is 5.69 Å². The molecule has 8 nitrogen and oxygen atoms in total. The number of nitro benzene ring substituents is 1. The number of nitrogens with one attached hydrogen (secondary N) is 1. The van der Waals surface area contributed by atoms with Crippen molar-refractivity contribution in [1.82, 2.24) is 4.98 Å². The molecule has 140 valence electrons. The Morgan fingerprint density at radius 2 is 2.04 bits per heavy atom. The van der Waals surface area contributed by atoms with Crippen LogP contribution in [0.4, 0.5) is 11.4 Å². The fraction of sp³-hybridized carbons (Fsp3) is 0.0625. The Hall–Kier alpha value is -2.50. The molecule has 0 aliphatic heterocycles. The van der Waals surface area contributed by atoms with E-state index in [2.05, 4.69) is 25.6 Å². The van der Waals surface area contributed by atoms with E-state index in [9.17, 15) is 18.5 Å². The number of halogens is 1. The van der Waals surface area contributed by atoms with Crippen LogP contribution in [0.5, 0.6) is 5.75 Å². The molecule has 0 unspecified atom stereocenters. The summed E-state index contributed by atoms with van der Waals surface area (Å²) in [5.74, 6) is 0.286. The third-order valence-electron chi connectivity index (χ3n) is 3.40. The van der Waals surface area contributed by atoms with E-state index in [1.165, 1.54) is 29.5 Å². The van der Waals surface area contributed by atoms with E-state index in [1.54, 1.807) is 23.7 Å². The first-order chi connectivity index (χ1) is 12.9. The standard InChI is InChI=1S/C16H12BrN3O5S2/c17-11-5-6-16(14(7-11)20(21)22)27(23,24)19-13-3-1-2-4-15(13)25-8-12-9-26-10-18-12/h1-7,9-10,19H,8H2. The number of nitrogens with zero attached hydrogens (tertiary/aromatic N) is 2. The molecule has 2 aromatic carbocycles. The fourth-order valence-electron chi connectivity index (χ4n) is 2.20. The molecule has 0 radical (unpaired) electrons. The van der Waals surface area contributed by atoms with Crippen molar-refractivity contribution in [1.29, 1.82) is 0 Å². The second-order valence-electron chi connectivity index (χ2n) is 5.24. The zero-order chi connectivity index (χ0) is 19.4. The van der Waals surface area contributed by atoms with Crippen molar-refractivity contribution in [3.63, 3.8) is 0 Å². The van der Waals surface area contributed by atoms with Crippen molar-refractivity contribution in [2.24, 2.45) is 0 Å². The molecule has 0 fully saturated rings. The summed E-state index contributed by atoms with van der Waals surface area (Å²) in [4.78, 5) is 14.1. The molecule has 0 amide bonds. The van der Waals surface area contributed by atoms with Gasteiger partial charge in [0, 0.05) is 15.9 Å². The van der Waals surface area contributed by atoms with Gasteiger partial charge in [-0.25, -0.2) is 13.4 Å². The molecular weight excluding hydrogens is 458 g/mol. The Labute approximate surface area is 167 Å². The van der Waals surface area contributed by atoms with Crippen molar-refractivity contribution in [2.75, 3.05) is 4.72 Å². The molecule has 0 aliphatic carbocycles. The number of para-hydroxylation sites is 2. The predicted molar refractivity (Wildman–Crippen MR) is 104 cm³/mol.